The zero-order chi connectivity index (χ0) is 15.8. The molecule has 0 unspecified atom stereocenters. The molecule has 3 rings (SSSR count). The highest BCUT2D eigenvalue weighted by Crippen LogP contribution is 2.45. The first kappa shape index (κ1) is 16.0. The van der Waals surface area contributed by atoms with Crippen LogP contribution in [0.1, 0.15) is 37.7 Å². The molecule has 1 aliphatic heterocycles. The van der Waals surface area contributed by atoms with Gasteiger partial charge in [0.25, 0.3) is 0 Å². The van der Waals surface area contributed by atoms with Crippen molar-refractivity contribution >= 4 is 26.5 Å². The van der Waals surface area contributed by atoms with E-state index in [1.807, 2.05) is 7.05 Å². The van der Waals surface area contributed by atoms with Crippen molar-refractivity contribution in [3.63, 3.8) is 0 Å². The molecule has 1 spiro atoms. The number of benzene rings is 1. The van der Waals surface area contributed by atoms with E-state index in [-0.39, 0.29) is 0 Å². The molecular weight excluding hydrogens is 320 g/mol. The first-order valence-corrected chi connectivity index (χ1v) is 9.53. The number of sulfonamides is 1. The Morgan fingerprint density at radius 3 is 2.41 bits per heavy atom. The summed E-state index contributed by atoms with van der Waals surface area (Å²) in [5.41, 5.74) is 1.27. The largest absolute Gasteiger partial charge is 0.316 e. The molecule has 2 aliphatic rings. The van der Waals surface area contributed by atoms with Gasteiger partial charge in [-0.25, -0.2) is 13.1 Å². The van der Waals surface area contributed by atoms with Gasteiger partial charge in [-0.3, -0.25) is 0 Å². The van der Waals surface area contributed by atoms with Crippen LogP contribution in [0.25, 0.3) is 4.91 Å². The third-order valence-electron chi connectivity index (χ3n) is 4.62. The third kappa shape index (κ3) is 2.71. The fourth-order valence-corrected chi connectivity index (χ4v) is 5.77. The Labute approximate surface area is 137 Å². The molecule has 1 aromatic rings. The Hall–Kier alpha value is -0.880. The van der Waals surface area contributed by atoms with Gasteiger partial charge in [0.15, 0.2) is 0 Å². The molecule has 6 heteroatoms. The Morgan fingerprint density at radius 2 is 1.82 bits per heavy atom. The van der Waals surface area contributed by atoms with Gasteiger partial charge in [-0.2, -0.15) is 0 Å². The van der Waals surface area contributed by atoms with Gasteiger partial charge in [0, 0.05) is 11.6 Å². The third-order valence-corrected chi connectivity index (χ3v) is 6.55. The Kier molecular flexibility index (Phi) is 4.34. The summed E-state index contributed by atoms with van der Waals surface area (Å²) >= 11 is 5.94. The minimum absolute atomic E-state index is 0.408. The lowest BCUT2D eigenvalue weighted by atomic mass is 9.76. The molecule has 0 radical (unpaired) electrons. The van der Waals surface area contributed by atoms with Crippen LogP contribution in [-0.4, -0.2) is 27.5 Å². The number of hydrogen-bond acceptors (Lipinski definition) is 3. The topological polar surface area (TPSA) is 58.2 Å². The van der Waals surface area contributed by atoms with E-state index in [0.717, 1.165) is 31.3 Å². The summed E-state index contributed by atoms with van der Waals surface area (Å²) in [5.74, 6) is 0. The van der Waals surface area contributed by atoms with Crippen LogP contribution in [0.15, 0.2) is 29.8 Å². The van der Waals surface area contributed by atoms with Crippen LogP contribution < -0.4 is 10.0 Å². The predicted molar refractivity (Wildman–Crippen MR) is 90.2 cm³/mol. The fraction of sp³-hybridized carbons (Fsp3) is 0.500. The molecule has 1 fully saturated rings. The number of halogens is 1. The van der Waals surface area contributed by atoms with Crippen molar-refractivity contribution in [2.45, 2.75) is 37.6 Å². The number of rotatable bonds is 3. The molecule has 0 saturated heterocycles. The summed E-state index contributed by atoms with van der Waals surface area (Å²) in [4.78, 5) is 0.431. The molecule has 22 heavy (non-hydrogen) atoms. The van der Waals surface area contributed by atoms with E-state index in [0.29, 0.717) is 22.0 Å². The zero-order valence-electron chi connectivity index (χ0n) is 12.7. The standard InChI is InChI=1S/C16H21ClN2O2S/c1-18-11-14-15(12-5-7-13(17)8-6-12)22(20,21)19-16(14)9-3-2-4-10-16/h5-8,18-19H,2-4,9-11H2,1H3. The van der Waals surface area contributed by atoms with Crippen molar-refractivity contribution in [3.05, 3.63) is 40.4 Å². The smallest absolute Gasteiger partial charge is 0.242 e. The summed E-state index contributed by atoms with van der Waals surface area (Å²) in [5, 5.41) is 3.75. The lowest BCUT2D eigenvalue weighted by Crippen LogP contribution is -2.47. The molecular formula is C16H21ClN2O2S. The highest BCUT2D eigenvalue weighted by atomic mass is 35.5. The maximum Gasteiger partial charge on any atom is 0.242 e. The van der Waals surface area contributed by atoms with Crippen LogP contribution in [0, 0.1) is 0 Å². The molecule has 120 valence electrons. The summed E-state index contributed by atoms with van der Waals surface area (Å²) in [7, 11) is -1.63. The molecule has 1 heterocycles. The van der Waals surface area contributed by atoms with Gasteiger partial charge >= 0.3 is 0 Å². The molecule has 2 N–H and O–H groups in total. The number of likely N-dealkylation sites (N-methyl/N-ethyl adjacent to an activating group) is 1. The minimum Gasteiger partial charge on any atom is -0.316 e. The van der Waals surface area contributed by atoms with Gasteiger partial charge in [-0.15, -0.1) is 0 Å². The first-order chi connectivity index (χ1) is 10.5. The molecule has 0 atom stereocenters. The van der Waals surface area contributed by atoms with E-state index >= 15 is 0 Å². The van der Waals surface area contributed by atoms with E-state index < -0.39 is 15.6 Å². The molecule has 1 saturated carbocycles. The van der Waals surface area contributed by atoms with Gasteiger partial charge in [0.1, 0.15) is 0 Å². The summed E-state index contributed by atoms with van der Waals surface area (Å²) in [6, 6.07) is 7.05. The van der Waals surface area contributed by atoms with E-state index in [1.165, 1.54) is 6.42 Å². The number of hydrogen-bond donors (Lipinski definition) is 2. The molecule has 4 nitrogen and oxygen atoms in total. The zero-order valence-corrected chi connectivity index (χ0v) is 14.2. The summed E-state index contributed by atoms with van der Waals surface area (Å²) < 4.78 is 28.5. The van der Waals surface area contributed by atoms with E-state index in [9.17, 15) is 8.42 Å². The van der Waals surface area contributed by atoms with Crippen molar-refractivity contribution in [2.24, 2.45) is 0 Å². The van der Waals surface area contributed by atoms with E-state index in [4.69, 9.17) is 11.6 Å². The van der Waals surface area contributed by atoms with Crippen molar-refractivity contribution in [1.29, 1.82) is 0 Å². The molecule has 0 bridgehead atoms. The fourth-order valence-electron chi connectivity index (χ4n) is 3.67. The Morgan fingerprint density at radius 1 is 1.18 bits per heavy atom. The van der Waals surface area contributed by atoms with Crippen molar-refractivity contribution in [2.75, 3.05) is 13.6 Å². The van der Waals surface area contributed by atoms with E-state index in [2.05, 4.69) is 10.0 Å². The maximum atomic E-state index is 12.8. The SMILES string of the molecule is CNCC1=C(c2ccc(Cl)cc2)S(=O)(=O)NC12CCCCC2. The monoisotopic (exact) mass is 340 g/mol. The van der Waals surface area contributed by atoms with Crippen molar-refractivity contribution < 1.29 is 8.42 Å². The minimum atomic E-state index is -3.49. The van der Waals surface area contributed by atoms with Crippen LogP contribution in [0.4, 0.5) is 0 Å². The second-order valence-corrected chi connectivity index (χ2v) is 8.15. The highest BCUT2D eigenvalue weighted by Gasteiger charge is 2.48. The second kappa shape index (κ2) is 5.96. The van der Waals surface area contributed by atoms with E-state index in [1.54, 1.807) is 24.3 Å². The van der Waals surface area contributed by atoms with Crippen LogP contribution in [-0.2, 0) is 10.0 Å². The summed E-state index contributed by atoms with van der Waals surface area (Å²) in [6.45, 7) is 0.574. The van der Waals surface area contributed by atoms with Crippen molar-refractivity contribution in [1.82, 2.24) is 10.0 Å². The molecule has 0 amide bonds. The normalized spacial score (nSPS) is 23.2. The molecule has 1 aliphatic carbocycles. The maximum absolute atomic E-state index is 12.8. The number of nitrogens with one attached hydrogen (secondary N) is 2. The van der Waals surface area contributed by atoms with Gasteiger partial charge < -0.3 is 5.32 Å². The van der Waals surface area contributed by atoms with Gasteiger partial charge in [0.05, 0.1) is 10.4 Å². The molecule has 1 aromatic carbocycles. The average molecular weight is 341 g/mol. The predicted octanol–water partition coefficient (Wildman–Crippen LogP) is 2.91. The lowest BCUT2D eigenvalue weighted by molar-refractivity contribution is 0.316. The van der Waals surface area contributed by atoms with Gasteiger partial charge in [-0.1, -0.05) is 43.0 Å². The Bertz CT molecular complexity index is 689. The van der Waals surface area contributed by atoms with Gasteiger partial charge in [0.2, 0.25) is 10.0 Å². The Balaban J connectivity index is 2.17. The highest BCUT2D eigenvalue weighted by molar-refractivity contribution is 7.99. The average Bonchev–Trinajstić information content (AvgIpc) is 2.69. The quantitative estimate of drug-likeness (QED) is 0.889. The van der Waals surface area contributed by atoms with Crippen LogP contribution in [0.2, 0.25) is 5.02 Å². The first-order valence-electron chi connectivity index (χ1n) is 7.67. The van der Waals surface area contributed by atoms with Crippen LogP contribution in [0.3, 0.4) is 0 Å². The van der Waals surface area contributed by atoms with Crippen LogP contribution >= 0.6 is 11.6 Å². The lowest BCUT2D eigenvalue weighted by Gasteiger charge is -2.35. The van der Waals surface area contributed by atoms with Gasteiger partial charge in [-0.05, 0) is 43.2 Å². The summed E-state index contributed by atoms with van der Waals surface area (Å²) in [6.07, 6.45) is 5.04. The van der Waals surface area contributed by atoms with Crippen LogP contribution in [0.5, 0.6) is 0 Å². The van der Waals surface area contributed by atoms with Crippen molar-refractivity contribution in [3.8, 4) is 0 Å². The second-order valence-electron chi connectivity index (χ2n) is 6.09. The molecule has 0 aromatic heterocycles.